The average Bonchev–Trinajstić information content (AvgIpc) is 3.21. The first-order chi connectivity index (χ1) is 17.8. The van der Waals surface area contributed by atoms with Crippen LogP contribution in [0.2, 0.25) is 0 Å². The fraction of sp³-hybridized carbons (Fsp3) is 0.240. The van der Waals surface area contributed by atoms with Gasteiger partial charge in [-0.25, -0.2) is 14.4 Å². The number of amides is 1. The maximum atomic E-state index is 13.4. The van der Waals surface area contributed by atoms with Crippen molar-refractivity contribution in [1.82, 2.24) is 9.97 Å². The summed E-state index contributed by atoms with van der Waals surface area (Å²) in [6, 6.07) is 10.2. The Morgan fingerprint density at radius 1 is 1.14 bits per heavy atom. The lowest BCUT2D eigenvalue weighted by atomic mass is 10.1. The number of aryl methyl sites for hydroxylation is 2. The van der Waals surface area contributed by atoms with Gasteiger partial charge in [0.2, 0.25) is 0 Å². The second-order valence-electron chi connectivity index (χ2n) is 8.41. The molecule has 0 radical (unpaired) electrons. The van der Waals surface area contributed by atoms with Crippen LogP contribution in [0.1, 0.15) is 21.1 Å². The van der Waals surface area contributed by atoms with Gasteiger partial charge in [0.15, 0.2) is 0 Å². The lowest BCUT2D eigenvalue weighted by Crippen LogP contribution is -2.37. The van der Waals surface area contributed by atoms with Crippen molar-refractivity contribution in [2.45, 2.75) is 23.6 Å². The highest BCUT2D eigenvalue weighted by Crippen LogP contribution is 2.37. The first kappa shape index (κ1) is 25.1. The fourth-order valence-electron chi connectivity index (χ4n) is 4.09. The molecule has 0 spiro atoms. The summed E-state index contributed by atoms with van der Waals surface area (Å²) in [6.45, 7) is 6.29. The van der Waals surface area contributed by atoms with Crippen LogP contribution in [-0.2, 0) is 4.74 Å². The van der Waals surface area contributed by atoms with Crippen molar-refractivity contribution >= 4 is 56.4 Å². The van der Waals surface area contributed by atoms with E-state index < -0.39 is 4.92 Å². The molecule has 1 amide bonds. The second-order valence-corrected chi connectivity index (χ2v) is 10.6. The standard InChI is InChI=1S/C25H22FN5O4S2/c1-14-21-23(30-7-9-35-10-8-30)27-15(2)28-25(21)37-22(14)24(32)29-17-11-18(31(33)34)13-20(12-17)36-19-5-3-16(26)4-6-19/h3-6,11-13H,7-10H2,1-2H3,(H,29,32). The highest BCUT2D eigenvalue weighted by Gasteiger charge is 2.24. The molecule has 0 bridgehead atoms. The third-order valence-corrected chi connectivity index (χ3v) is 7.97. The van der Waals surface area contributed by atoms with Crippen molar-refractivity contribution in [1.29, 1.82) is 0 Å². The van der Waals surface area contributed by atoms with Crippen molar-refractivity contribution in [3.05, 3.63) is 74.7 Å². The lowest BCUT2D eigenvalue weighted by molar-refractivity contribution is -0.385. The third kappa shape index (κ3) is 5.41. The Kier molecular flexibility index (Phi) is 7.04. The van der Waals surface area contributed by atoms with E-state index in [1.807, 2.05) is 13.8 Å². The van der Waals surface area contributed by atoms with Crippen molar-refractivity contribution in [3.63, 3.8) is 0 Å². The van der Waals surface area contributed by atoms with E-state index in [1.54, 1.807) is 18.2 Å². The second kappa shape index (κ2) is 10.4. The normalized spacial score (nSPS) is 13.6. The number of morpholine rings is 1. The minimum absolute atomic E-state index is 0.161. The number of nitrogens with zero attached hydrogens (tertiary/aromatic N) is 4. The maximum Gasteiger partial charge on any atom is 0.272 e. The van der Waals surface area contributed by atoms with Gasteiger partial charge >= 0.3 is 0 Å². The number of carbonyl (C=O) groups is 1. The molecule has 2 aromatic carbocycles. The molecule has 4 aromatic rings. The molecule has 1 fully saturated rings. The van der Waals surface area contributed by atoms with Gasteiger partial charge in [0.25, 0.3) is 11.6 Å². The number of nitro benzene ring substituents is 1. The monoisotopic (exact) mass is 539 g/mol. The number of carbonyl (C=O) groups excluding carboxylic acids is 1. The van der Waals surface area contributed by atoms with Crippen molar-refractivity contribution in [2.75, 3.05) is 36.5 Å². The van der Waals surface area contributed by atoms with Gasteiger partial charge in [0.1, 0.15) is 22.3 Å². The van der Waals surface area contributed by atoms with E-state index in [0.717, 1.165) is 16.8 Å². The molecule has 1 aliphatic heterocycles. The molecule has 190 valence electrons. The molecule has 0 unspecified atom stereocenters. The van der Waals surface area contributed by atoms with Crippen LogP contribution in [0, 0.1) is 29.8 Å². The van der Waals surface area contributed by atoms with Crippen LogP contribution in [0.4, 0.5) is 21.6 Å². The summed E-state index contributed by atoms with van der Waals surface area (Å²) in [7, 11) is 0. The topological polar surface area (TPSA) is 110 Å². The van der Waals surface area contributed by atoms with Gasteiger partial charge < -0.3 is 15.0 Å². The molecule has 0 aliphatic carbocycles. The van der Waals surface area contributed by atoms with Crippen LogP contribution in [0.25, 0.3) is 10.2 Å². The van der Waals surface area contributed by atoms with E-state index >= 15 is 0 Å². The molecule has 5 rings (SSSR count). The number of thiophene rings is 1. The predicted molar refractivity (Wildman–Crippen MR) is 141 cm³/mol. The summed E-state index contributed by atoms with van der Waals surface area (Å²) in [6.07, 6.45) is 0. The van der Waals surface area contributed by atoms with Gasteiger partial charge in [0.05, 0.1) is 28.4 Å². The van der Waals surface area contributed by atoms with Crippen LogP contribution in [0.5, 0.6) is 0 Å². The molecule has 1 N–H and O–H groups in total. The zero-order chi connectivity index (χ0) is 26.1. The van der Waals surface area contributed by atoms with Crippen molar-refractivity contribution < 1.29 is 18.8 Å². The minimum atomic E-state index is -0.512. The molecule has 12 heteroatoms. The quantitative estimate of drug-likeness (QED) is 0.249. The Labute approximate surface area is 219 Å². The number of hydrogen-bond acceptors (Lipinski definition) is 9. The van der Waals surface area contributed by atoms with E-state index in [1.165, 1.54) is 47.4 Å². The number of ether oxygens (including phenoxy) is 1. The van der Waals surface area contributed by atoms with Gasteiger partial charge in [-0.15, -0.1) is 11.3 Å². The average molecular weight is 540 g/mol. The third-order valence-electron chi connectivity index (χ3n) is 5.81. The van der Waals surface area contributed by atoms with E-state index in [4.69, 9.17) is 4.74 Å². The summed E-state index contributed by atoms with van der Waals surface area (Å²) in [5.74, 6) is 0.645. The number of aromatic nitrogens is 2. The van der Waals surface area contributed by atoms with Crippen LogP contribution in [0.15, 0.2) is 52.3 Å². The van der Waals surface area contributed by atoms with Crippen LogP contribution in [-0.4, -0.2) is 47.1 Å². The number of non-ortho nitro benzene ring substituents is 1. The number of fused-ring (bicyclic) bond motifs is 1. The zero-order valence-corrected chi connectivity index (χ0v) is 21.6. The first-order valence-corrected chi connectivity index (χ1v) is 13.1. The predicted octanol–water partition coefficient (Wildman–Crippen LogP) is 5.60. The van der Waals surface area contributed by atoms with Gasteiger partial charge in [-0.2, -0.15) is 0 Å². The number of benzene rings is 2. The lowest BCUT2D eigenvalue weighted by Gasteiger charge is -2.28. The Balaban J connectivity index is 1.47. The summed E-state index contributed by atoms with van der Waals surface area (Å²) in [5, 5.41) is 15.2. The number of halogens is 1. The molecule has 0 atom stereocenters. The van der Waals surface area contributed by atoms with Gasteiger partial charge in [0, 0.05) is 40.7 Å². The molecule has 1 aliphatic rings. The Hall–Kier alpha value is -3.61. The summed E-state index contributed by atoms with van der Waals surface area (Å²) < 4.78 is 18.7. The van der Waals surface area contributed by atoms with E-state index in [2.05, 4.69) is 20.2 Å². The van der Waals surface area contributed by atoms with Crippen molar-refractivity contribution in [3.8, 4) is 0 Å². The molecule has 37 heavy (non-hydrogen) atoms. The number of nitro groups is 1. The fourth-order valence-corrected chi connectivity index (χ4v) is 6.11. The largest absolute Gasteiger partial charge is 0.378 e. The molecular weight excluding hydrogens is 517 g/mol. The Bertz CT molecular complexity index is 1500. The highest BCUT2D eigenvalue weighted by atomic mass is 32.2. The molecular formula is C25H22FN5O4S2. The summed E-state index contributed by atoms with van der Waals surface area (Å²) in [5.41, 5.74) is 0.883. The number of rotatable bonds is 6. The van der Waals surface area contributed by atoms with Crippen LogP contribution >= 0.6 is 23.1 Å². The zero-order valence-electron chi connectivity index (χ0n) is 20.0. The molecule has 9 nitrogen and oxygen atoms in total. The molecule has 3 heterocycles. The van der Waals surface area contributed by atoms with Gasteiger partial charge in [-0.1, -0.05) is 11.8 Å². The minimum Gasteiger partial charge on any atom is -0.378 e. The van der Waals surface area contributed by atoms with Crippen LogP contribution in [0.3, 0.4) is 0 Å². The van der Waals surface area contributed by atoms with Crippen LogP contribution < -0.4 is 10.2 Å². The Morgan fingerprint density at radius 3 is 2.57 bits per heavy atom. The number of nitrogens with one attached hydrogen (secondary N) is 1. The number of hydrogen-bond donors (Lipinski definition) is 1. The molecule has 0 saturated carbocycles. The number of anilines is 2. The molecule has 1 saturated heterocycles. The summed E-state index contributed by atoms with van der Waals surface area (Å²) >= 11 is 2.50. The van der Waals surface area contributed by atoms with E-state index in [0.29, 0.717) is 51.6 Å². The maximum absolute atomic E-state index is 13.4. The van der Waals surface area contributed by atoms with Gasteiger partial charge in [-0.3, -0.25) is 14.9 Å². The SMILES string of the molecule is Cc1nc(N2CCOCC2)c2c(C)c(C(=O)Nc3cc(Sc4ccc(F)cc4)cc([N+](=O)[O-])c3)sc2n1. The Morgan fingerprint density at radius 2 is 1.86 bits per heavy atom. The van der Waals surface area contributed by atoms with E-state index in [9.17, 15) is 19.3 Å². The van der Waals surface area contributed by atoms with Crippen molar-refractivity contribution in [2.24, 2.45) is 0 Å². The van der Waals surface area contributed by atoms with Gasteiger partial charge in [-0.05, 0) is 49.7 Å². The highest BCUT2D eigenvalue weighted by molar-refractivity contribution is 7.99. The summed E-state index contributed by atoms with van der Waals surface area (Å²) in [4.78, 5) is 38.2. The van der Waals surface area contributed by atoms with E-state index in [-0.39, 0.29) is 23.1 Å². The molecule has 2 aromatic heterocycles. The first-order valence-electron chi connectivity index (χ1n) is 11.4. The smallest absolute Gasteiger partial charge is 0.272 e.